The lowest BCUT2D eigenvalue weighted by Gasteiger charge is -2.21. The summed E-state index contributed by atoms with van der Waals surface area (Å²) in [5.74, 6) is -0.558. The lowest BCUT2D eigenvalue weighted by Crippen LogP contribution is -2.40. The summed E-state index contributed by atoms with van der Waals surface area (Å²) in [6.07, 6.45) is 0. The van der Waals surface area contributed by atoms with Crippen LogP contribution in [-0.2, 0) is 14.8 Å². The van der Waals surface area contributed by atoms with E-state index in [-0.39, 0.29) is 10.5 Å². The molecule has 0 saturated carbocycles. The first-order valence-corrected chi connectivity index (χ1v) is 8.05. The highest BCUT2D eigenvalue weighted by molar-refractivity contribution is 14.1. The number of ether oxygens (including phenoxy) is 1. The number of benzene rings is 1. The number of carbonyl (C=O) groups excluding carboxylic acids is 1. The van der Waals surface area contributed by atoms with Crippen molar-refractivity contribution >= 4 is 38.6 Å². The quantitative estimate of drug-likeness (QED) is 0.627. The van der Waals surface area contributed by atoms with Crippen LogP contribution in [0.4, 0.5) is 0 Å². The van der Waals surface area contributed by atoms with Gasteiger partial charge in [0.05, 0.1) is 17.6 Å². The van der Waals surface area contributed by atoms with E-state index >= 15 is 0 Å². The minimum absolute atomic E-state index is 0.0749. The first kappa shape index (κ1) is 16.4. The number of hydrogen-bond acceptors (Lipinski definition) is 4. The number of sulfonamides is 1. The van der Waals surface area contributed by atoms with E-state index in [4.69, 9.17) is 0 Å². The highest BCUT2D eigenvalue weighted by Crippen LogP contribution is 2.23. The van der Waals surface area contributed by atoms with E-state index in [1.54, 1.807) is 20.8 Å². The Kier molecular flexibility index (Phi) is 4.97. The summed E-state index contributed by atoms with van der Waals surface area (Å²) in [5.41, 5.74) is -0.358. The summed E-state index contributed by atoms with van der Waals surface area (Å²) < 4.78 is 32.1. The Morgan fingerprint density at radius 1 is 1.32 bits per heavy atom. The molecule has 7 heteroatoms. The summed E-state index contributed by atoms with van der Waals surface area (Å²) in [4.78, 5) is 11.6. The Morgan fingerprint density at radius 3 is 2.37 bits per heavy atom. The van der Waals surface area contributed by atoms with Crippen molar-refractivity contribution < 1.29 is 17.9 Å². The molecule has 0 spiro atoms. The van der Waals surface area contributed by atoms with Crippen LogP contribution in [0.2, 0.25) is 0 Å². The lowest BCUT2D eigenvalue weighted by atomic mass is 10.1. The Hall–Kier alpha value is -0.670. The molecule has 1 N–H and O–H groups in total. The number of nitrogens with one attached hydrogen (secondary N) is 1. The average molecular weight is 397 g/mol. The normalized spacial score (nSPS) is 12.3. The van der Waals surface area contributed by atoms with Gasteiger partial charge in [0, 0.05) is 9.11 Å². The van der Waals surface area contributed by atoms with Crippen LogP contribution in [0.15, 0.2) is 23.1 Å². The maximum Gasteiger partial charge on any atom is 0.338 e. The van der Waals surface area contributed by atoms with Gasteiger partial charge in [-0.15, -0.1) is 0 Å². The van der Waals surface area contributed by atoms with E-state index in [9.17, 15) is 13.2 Å². The van der Waals surface area contributed by atoms with Crippen molar-refractivity contribution in [3.05, 3.63) is 27.3 Å². The molecule has 0 radical (unpaired) electrons. The molecule has 19 heavy (non-hydrogen) atoms. The summed E-state index contributed by atoms with van der Waals surface area (Å²) in [7, 11) is -2.42. The van der Waals surface area contributed by atoms with Gasteiger partial charge in [0.15, 0.2) is 0 Å². The van der Waals surface area contributed by atoms with Crippen molar-refractivity contribution in [2.45, 2.75) is 31.2 Å². The summed E-state index contributed by atoms with van der Waals surface area (Å²) >= 11 is 1.84. The van der Waals surface area contributed by atoms with Crippen molar-refractivity contribution in [1.29, 1.82) is 0 Å². The van der Waals surface area contributed by atoms with Gasteiger partial charge in [0.25, 0.3) is 0 Å². The van der Waals surface area contributed by atoms with Gasteiger partial charge >= 0.3 is 5.97 Å². The Bertz CT molecular complexity index is 590. The first-order chi connectivity index (χ1) is 8.58. The van der Waals surface area contributed by atoms with Crippen LogP contribution in [0, 0.1) is 3.57 Å². The predicted molar refractivity (Wildman–Crippen MR) is 80.6 cm³/mol. The zero-order valence-electron chi connectivity index (χ0n) is 11.2. The molecule has 0 fully saturated rings. The van der Waals surface area contributed by atoms with Crippen molar-refractivity contribution in [2.75, 3.05) is 7.11 Å². The first-order valence-electron chi connectivity index (χ1n) is 5.49. The van der Waals surface area contributed by atoms with E-state index in [0.29, 0.717) is 3.57 Å². The van der Waals surface area contributed by atoms with Gasteiger partial charge in [0.2, 0.25) is 10.0 Å². The van der Waals surface area contributed by atoms with Crippen molar-refractivity contribution in [1.82, 2.24) is 4.72 Å². The molecule has 106 valence electrons. The molecule has 5 nitrogen and oxygen atoms in total. The molecule has 0 aliphatic rings. The molecule has 1 aromatic rings. The van der Waals surface area contributed by atoms with E-state index in [1.807, 2.05) is 22.6 Å². The maximum atomic E-state index is 12.3. The molecule has 0 amide bonds. The number of hydrogen-bond donors (Lipinski definition) is 1. The average Bonchev–Trinajstić information content (AvgIpc) is 2.24. The number of methoxy groups -OCH3 is 1. The molecule has 1 aromatic carbocycles. The highest BCUT2D eigenvalue weighted by atomic mass is 127. The molecule has 0 heterocycles. The van der Waals surface area contributed by atoms with Gasteiger partial charge in [-0.3, -0.25) is 0 Å². The van der Waals surface area contributed by atoms with Gasteiger partial charge in [0.1, 0.15) is 0 Å². The van der Waals surface area contributed by atoms with Crippen LogP contribution >= 0.6 is 22.6 Å². The molecule has 0 atom stereocenters. The third kappa shape index (κ3) is 4.15. The smallest absolute Gasteiger partial charge is 0.338 e. The van der Waals surface area contributed by atoms with Gasteiger partial charge in [-0.25, -0.2) is 17.9 Å². The maximum absolute atomic E-state index is 12.3. The number of rotatable bonds is 3. The predicted octanol–water partition coefficient (Wildman–Crippen LogP) is 2.15. The van der Waals surface area contributed by atoms with E-state index in [1.165, 1.54) is 25.3 Å². The Labute approximate surface area is 126 Å². The molecular formula is C12H16INO4S. The largest absolute Gasteiger partial charge is 0.465 e. The Morgan fingerprint density at radius 2 is 1.89 bits per heavy atom. The van der Waals surface area contributed by atoms with E-state index in [2.05, 4.69) is 9.46 Å². The molecule has 0 unspecified atom stereocenters. The second-order valence-electron chi connectivity index (χ2n) is 4.96. The minimum atomic E-state index is -3.68. The summed E-state index contributed by atoms with van der Waals surface area (Å²) in [6, 6.07) is 4.51. The summed E-state index contributed by atoms with van der Waals surface area (Å²) in [5, 5.41) is 0. The Balaban J connectivity index is 3.33. The van der Waals surface area contributed by atoms with Gasteiger partial charge in [-0.1, -0.05) is 6.07 Å². The fraction of sp³-hybridized carbons (Fsp3) is 0.417. The minimum Gasteiger partial charge on any atom is -0.465 e. The van der Waals surface area contributed by atoms with Crippen molar-refractivity contribution in [3.8, 4) is 0 Å². The van der Waals surface area contributed by atoms with Crippen LogP contribution in [0.5, 0.6) is 0 Å². The SMILES string of the molecule is COC(=O)c1cccc(S(=O)(=O)NC(C)(C)C)c1I. The van der Waals surface area contributed by atoms with Gasteiger partial charge in [-0.2, -0.15) is 0 Å². The molecule has 0 aromatic heterocycles. The third-order valence-corrected chi connectivity index (χ3v) is 5.43. The molecular weight excluding hydrogens is 381 g/mol. The molecule has 0 saturated heterocycles. The molecule has 1 rings (SSSR count). The second kappa shape index (κ2) is 5.76. The van der Waals surface area contributed by atoms with Crippen LogP contribution < -0.4 is 4.72 Å². The fourth-order valence-corrected chi connectivity index (χ4v) is 4.41. The highest BCUT2D eigenvalue weighted by Gasteiger charge is 2.26. The van der Waals surface area contributed by atoms with E-state index in [0.717, 1.165) is 0 Å². The van der Waals surface area contributed by atoms with Gasteiger partial charge < -0.3 is 4.74 Å². The second-order valence-corrected chi connectivity index (χ2v) is 7.69. The number of carbonyl (C=O) groups is 1. The number of halogens is 1. The number of esters is 1. The fourth-order valence-electron chi connectivity index (χ4n) is 1.44. The van der Waals surface area contributed by atoms with Gasteiger partial charge in [-0.05, 0) is 55.5 Å². The molecule has 0 aliphatic heterocycles. The monoisotopic (exact) mass is 397 g/mol. The van der Waals surface area contributed by atoms with Crippen LogP contribution in [0.25, 0.3) is 0 Å². The third-order valence-electron chi connectivity index (χ3n) is 2.10. The van der Waals surface area contributed by atoms with E-state index < -0.39 is 21.5 Å². The zero-order chi connectivity index (χ0) is 14.8. The van der Waals surface area contributed by atoms with Crippen LogP contribution in [-0.4, -0.2) is 27.0 Å². The molecule has 0 aliphatic carbocycles. The summed E-state index contributed by atoms with van der Waals surface area (Å²) in [6.45, 7) is 5.25. The van der Waals surface area contributed by atoms with Crippen molar-refractivity contribution in [3.63, 3.8) is 0 Å². The van der Waals surface area contributed by atoms with Crippen LogP contribution in [0.1, 0.15) is 31.1 Å². The molecule has 0 bridgehead atoms. The van der Waals surface area contributed by atoms with Crippen molar-refractivity contribution in [2.24, 2.45) is 0 Å². The standard InChI is InChI=1S/C12H16INO4S/c1-12(2,3)14-19(16,17)9-7-5-6-8(10(9)13)11(15)18-4/h5-7,14H,1-4H3. The van der Waals surface area contributed by atoms with Crippen LogP contribution in [0.3, 0.4) is 0 Å². The lowest BCUT2D eigenvalue weighted by molar-refractivity contribution is 0.0599. The topological polar surface area (TPSA) is 72.5 Å². The zero-order valence-corrected chi connectivity index (χ0v) is 14.1.